The van der Waals surface area contributed by atoms with Gasteiger partial charge in [-0.25, -0.2) is 0 Å². The van der Waals surface area contributed by atoms with Crippen LogP contribution in [0.2, 0.25) is 0 Å². The topological polar surface area (TPSA) is 59.1 Å². The number of aliphatic hydroxyl groups excluding tert-OH is 1. The van der Waals surface area contributed by atoms with Crippen LogP contribution < -0.4 is 5.73 Å². The molecule has 15 heavy (non-hydrogen) atoms. The lowest BCUT2D eigenvalue weighted by atomic mass is 9.99. The molecule has 1 heterocycles. The van der Waals surface area contributed by atoms with Gasteiger partial charge >= 0.3 is 0 Å². The number of pyridine rings is 1. The van der Waals surface area contributed by atoms with Crippen LogP contribution in [0.3, 0.4) is 0 Å². The summed E-state index contributed by atoms with van der Waals surface area (Å²) in [6.45, 7) is 1.93. The summed E-state index contributed by atoms with van der Waals surface area (Å²) in [6.07, 6.45) is 5.45. The van der Waals surface area contributed by atoms with Crippen LogP contribution in [0.4, 0.5) is 0 Å². The van der Waals surface area contributed by atoms with Gasteiger partial charge in [0.1, 0.15) is 0 Å². The quantitative estimate of drug-likeness (QED) is 0.572. The zero-order valence-electron chi connectivity index (χ0n) is 9.02. The molecule has 0 aliphatic rings. The van der Waals surface area contributed by atoms with Crippen LogP contribution in [-0.2, 0) is 0 Å². The van der Waals surface area contributed by atoms with Crippen molar-refractivity contribution < 1.29 is 5.11 Å². The van der Waals surface area contributed by atoms with Gasteiger partial charge in [-0.1, -0.05) is 0 Å². The van der Waals surface area contributed by atoms with Crippen LogP contribution in [0.25, 0.3) is 0 Å². The van der Waals surface area contributed by atoms with Gasteiger partial charge in [-0.2, -0.15) is 0 Å². The lowest BCUT2D eigenvalue weighted by Gasteiger charge is -2.20. The molecular weight excluding hydrogens is 208 g/mol. The van der Waals surface area contributed by atoms with Crippen molar-refractivity contribution in [2.45, 2.75) is 30.2 Å². The first kappa shape index (κ1) is 12.5. The molecule has 0 aliphatic carbocycles. The smallest absolute Gasteiger partial charge is 0.0608 e. The van der Waals surface area contributed by atoms with Crippen LogP contribution >= 0.6 is 11.8 Å². The molecule has 3 N–H and O–H groups in total. The molecule has 0 saturated carbocycles. The largest absolute Gasteiger partial charge is 0.394 e. The molecule has 0 aromatic carbocycles. The zero-order chi connectivity index (χ0) is 11.1. The number of aromatic nitrogens is 1. The van der Waals surface area contributed by atoms with E-state index in [1.165, 1.54) is 4.90 Å². The van der Waals surface area contributed by atoms with Gasteiger partial charge in [0.05, 0.1) is 6.61 Å². The number of hydrogen-bond donors (Lipinski definition) is 2. The summed E-state index contributed by atoms with van der Waals surface area (Å²) >= 11 is 1.79. The number of thioether (sulfide) groups is 1. The molecule has 4 heteroatoms. The van der Waals surface area contributed by atoms with E-state index in [0.29, 0.717) is 0 Å². The molecule has 0 radical (unpaired) electrons. The molecule has 0 amide bonds. The molecule has 1 aromatic rings. The molecule has 0 fully saturated rings. The van der Waals surface area contributed by atoms with Crippen molar-refractivity contribution >= 4 is 11.8 Å². The van der Waals surface area contributed by atoms with Gasteiger partial charge < -0.3 is 10.8 Å². The Hall–Kier alpha value is -0.580. The van der Waals surface area contributed by atoms with Gasteiger partial charge in [-0.3, -0.25) is 4.98 Å². The lowest BCUT2D eigenvalue weighted by Crippen LogP contribution is -2.40. The van der Waals surface area contributed by atoms with Gasteiger partial charge in [0.2, 0.25) is 0 Å². The second-order valence-electron chi connectivity index (χ2n) is 3.95. The maximum Gasteiger partial charge on any atom is 0.0608 e. The number of hydrogen-bond acceptors (Lipinski definition) is 4. The third-order valence-electron chi connectivity index (χ3n) is 2.17. The van der Waals surface area contributed by atoms with Crippen LogP contribution in [-0.4, -0.2) is 28.0 Å². The highest BCUT2D eigenvalue weighted by Gasteiger charge is 2.15. The Morgan fingerprint density at radius 2 is 2.13 bits per heavy atom. The minimum absolute atomic E-state index is 0.0485. The first-order valence-electron chi connectivity index (χ1n) is 5.07. The molecule has 84 valence electrons. The van der Waals surface area contributed by atoms with E-state index in [0.717, 1.165) is 18.6 Å². The molecular formula is C11H18N2OS. The Labute approximate surface area is 95.1 Å². The van der Waals surface area contributed by atoms with Crippen molar-refractivity contribution in [3.8, 4) is 0 Å². The van der Waals surface area contributed by atoms with E-state index >= 15 is 0 Å². The van der Waals surface area contributed by atoms with E-state index in [2.05, 4.69) is 4.98 Å². The number of nitrogens with two attached hydrogens (primary N) is 1. The molecule has 1 unspecified atom stereocenters. The fourth-order valence-corrected chi connectivity index (χ4v) is 2.02. The van der Waals surface area contributed by atoms with E-state index < -0.39 is 5.54 Å². The van der Waals surface area contributed by atoms with Crippen LogP contribution in [0, 0.1) is 0 Å². The predicted octanol–water partition coefficient (Wildman–Crippen LogP) is 1.66. The highest BCUT2D eigenvalue weighted by Crippen LogP contribution is 2.19. The van der Waals surface area contributed by atoms with Crippen molar-refractivity contribution in [2.24, 2.45) is 5.73 Å². The zero-order valence-corrected chi connectivity index (χ0v) is 9.83. The summed E-state index contributed by atoms with van der Waals surface area (Å²) in [6, 6.07) is 4.00. The number of nitrogens with zero attached hydrogens (tertiary/aromatic N) is 1. The SMILES string of the molecule is CC(N)(CO)CCCSc1ccncc1. The second kappa shape index (κ2) is 6.10. The molecule has 0 aliphatic heterocycles. The van der Waals surface area contributed by atoms with Crippen molar-refractivity contribution in [2.75, 3.05) is 12.4 Å². The van der Waals surface area contributed by atoms with Gasteiger partial charge in [-0.05, 0) is 37.7 Å². The standard InChI is InChI=1S/C11H18N2OS/c1-11(12,9-14)5-2-8-15-10-3-6-13-7-4-10/h3-4,6-7,14H,2,5,8-9,12H2,1H3. The minimum Gasteiger partial charge on any atom is -0.394 e. The Bertz CT molecular complexity index is 277. The minimum atomic E-state index is -0.432. The van der Waals surface area contributed by atoms with E-state index in [9.17, 15) is 0 Å². The monoisotopic (exact) mass is 226 g/mol. The molecule has 0 saturated heterocycles. The summed E-state index contributed by atoms with van der Waals surface area (Å²) in [5.41, 5.74) is 5.39. The predicted molar refractivity (Wildman–Crippen MR) is 63.9 cm³/mol. The summed E-state index contributed by atoms with van der Waals surface area (Å²) in [7, 11) is 0. The first-order chi connectivity index (χ1) is 7.14. The Morgan fingerprint density at radius 1 is 1.47 bits per heavy atom. The average Bonchev–Trinajstić information content (AvgIpc) is 2.26. The van der Waals surface area contributed by atoms with Gasteiger partial charge in [0.15, 0.2) is 0 Å². The second-order valence-corrected chi connectivity index (χ2v) is 5.12. The molecule has 0 spiro atoms. The fourth-order valence-electron chi connectivity index (χ4n) is 1.18. The average molecular weight is 226 g/mol. The van der Waals surface area contributed by atoms with Crippen LogP contribution in [0.1, 0.15) is 19.8 Å². The van der Waals surface area contributed by atoms with E-state index in [4.69, 9.17) is 10.8 Å². The molecule has 1 aromatic heterocycles. The third kappa shape index (κ3) is 5.16. The summed E-state index contributed by atoms with van der Waals surface area (Å²) < 4.78 is 0. The molecule has 0 bridgehead atoms. The van der Waals surface area contributed by atoms with Gasteiger partial charge in [0, 0.05) is 22.8 Å². The van der Waals surface area contributed by atoms with Gasteiger partial charge in [0.25, 0.3) is 0 Å². The van der Waals surface area contributed by atoms with E-state index in [1.54, 1.807) is 24.2 Å². The lowest BCUT2D eigenvalue weighted by molar-refractivity contribution is 0.200. The Balaban J connectivity index is 2.18. The third-order valence-corrected chi connectivity index (χ3v) is 3.27. The maximum absolute atomic E-state index is 8.97. The maximum atomic E-state index is 8.97. The van der Waals surface area contributed by atoms with Crippen molar-refractivity contribution in [1.82, 2.24) is 4.98 Å². The van der Waals surface area contributed by atoms with Crippen molar-refractivity contribution in [1.29, 1.82) is 0 Å². The Morgan fingerprint density at radius 3 is 2.73 bits per heavy atom. The highest BCUT2D eigenvalue weighted by atomic mass is 32.2. The molecule has 1 rings (SSSR count). The van der Waals surface area contributed by atoms with Crippen LogP contribution in [0.15, 0.2) is 29.4 Å². The van der Waals surface area contributed by atoms with Crippen molar-refractivity contribution in [3.05, 3.63) is 24.5 Å². The van der Waals surface area contributed by atoms with Crippen LogP contribution in [0.5, 0.6) is 0 Å². The normalized spacial score (nSPS) is 14.9. The van der Waals surface area contributed by atoms with Crippen molar-refractivity contribution in [3.63, 3.8) is 0 Å². The van der Waals surface area contributed by atoms with E-state index in [1.807, 2.05) is 19.1 Å². The van der Waals surface area contributed by atoms with Gasteiger partial charge in [-0.15, -0.1) is 11.8 Å². The summed E-state index contributed by atoms with van der Waals surface area (Å²) in [4.78, 5) is 5.19. The molecule has 3 nitrogen and oxygen atoms in total. The summed E-state index contributed by atoms with van der Waals surface area (Å²) in [5.74, 6) is 1.02. The fraction of sp³-hybridized carbons (Fsp3) is 0.545. The summed E-state index contributed by atoms with van der Waals surface area (Å²) in [5, 5.41) is 8.97. The molecule has 1 atom stereocenters. The highest BCUT2D eigenvalue weighted by molar-refractivity contribution is 7.99. The Kier molecular flexibility index (Phi) is 5.08. The first-order valence-corrected chi connectivity index (χ1v) is 6.05. The van der Waals surface area contributed by atoms with E-state index in [-0.39, 0.29) is 6.61 Å². The number of rotatable bonds is 6. The number of aliphatic hydroxyl groups is 1.